The van der Waals surface area contributed by atoms with Crippen LogP contribution in [0.1, 0.15) is 44.9 Å². The van der Waals surface area contributed by atoms with Crippen molar-refractivity contribution in [3.63, 3.8) is 0 Å². The van der Waals surface area contributed by atoms with Crippen LogP contribution in [0.25, 0.3) is 0 Å². The highest BCUT2D eigenvalue weighted by atomic mass is 16.4. The molecule has 0 bridgehead atoms. The Morgan fingerprint density at radius 2 is 1.78 bits per heavy atom. The molecule has 102 valence electrons. The molecule has 3 N–H and O–H groups in total. The maximum Gasteiger partial charge on any atom is 0.321 e. The zero-order chi connectivity index (χ0) is 13.4. The summed E-state index contributed by atoms with van der Waals surface area (Å²) in [6.07, 6.45) is 4.68. The molecule has 3 amide bonds. The van der Waals surface area contributed by atoms with Crippen LogP contribution in [0.15, 0.2) is 0 Å². The fourth-order valence-electron chi connectivity index (χ4n) is 1.73. The minimum absolute atomic E-state index is 0.0567. The van der Waals surface area contributed by atoms with Gasteiger partial charge in [-0.05, 0) is 31.6 Å². The first-order valence-electron chi connectivity index (χ1n) is 6.37. The Morgan fingerprint density at radius 3 is 2.33 bits per heavy atom. The lowest BCUT2D eigenvalue weighted by atomic mass is 9.85. The third-order valence-corrected chi connectivity index (χ3v) is 3.07. The van der Waals surface area contributed by atoms with E-state index in [1.165, 1.54) is 6.42 Å². The van der Waals surface area contributed by atoms with E-state index < -0.39 is 12.0 Å². The van der Waals surface area contributed by atoms with E-state index in [9.17, 15) is 14.4 Å². The number of nitrogens with one attached hydrogen (secondary N) is 2. The number of carbonyl (C=O) groups is 3. The van der Waals surface area contributed by atoms with Crippen molar-refractivity contribution in [2.24, 2.45) is 5.92 Å². The molecule has 0 aromatic carbocycles. The molecular formula is C12H20N2O4. The van der Waals surface area contributed by atoms with E-state index >= 15 is 0 Å². The number of carbonyl (C=O) groups excluding carboxylic acids is 2. The van der Waals surface area contributed by atoms with Gasteiger partial charge in [-0.15, -0.1) is 0 Å². The Labute approximate surface area is 106 Å². The second kappa shape index (κ2) is 7.68. The predicted octanol–water partition coefficient (Wildman–Crippen LogP) is 1.26. The molecule has 1 fully saturated rings. The summed E-state index contributed by atoms with van der Waals surface area (Å²) in [6.45, 7) is 0.623. The van der Waals surface area contributed by atoms with E-state index in [1.54, 1.807) is 0 Å². The topological polar surface area (TPSA) is 95.5 Å². The summed E-state index contributed by atoms with van der Waals surface area (Å²) in [4.78, 5) is 32.8. The Kier molecular flexibility index (Phi) is 6.18. The lowest BCUT2D eigenvalue weighted by Gasteiger charge is -2.25. The van der Waals surface area contributed by atoms with Gasteiger partial charge < -0.3 is 10.4 Å². The van der Waals surface area contributed by atoms with Crippen molar-refractivity contribution in [1.29, 1.82) is 0 Å². The van der Waals surface area contributed by atoms with Gasteiger partial charge in [0.15, 0.2) is 0 Å². The molecule has 0 radical (unpaired) electrons. The number of hydrogen-bond acceptors (Lipinski definition) is 3. The van der Waals surface area contributed by atoms with Gasteiger partial charge in [0.25, 0.3) is 0 Å². The molecule has 1 saturated carbocycles. The van der Waals surface area contributed by atoms with Gasteiger partial charge in [-0.1, -0.05) is 6.42 Å². The molecule has 1 aliphatic rings. The second-order valence-corrected chi connectivity index (χ2v) is 4.66. The fourth-order valence-corrected chi connectivity index (χ4v) is 1.73. The lowest BCUT2D eigenvalue weighted by Crippen LogP contribution is -2.42. The SMILES string of the molecule is O=C(O)CCCCC(=O)NC(=O)NCC1CCC1. The molecule has 1 rings (SSSR count). The Morgan fingerprint density at radius 1 is 1.11 bits per heavy atom. The maximum atomic E-state index is 11.3. The number of aliphatic carboxylic acids is 1. The van der Waals surface area contributed by atoms with Crippen molar-refractivity contribution in [2.75, 3.05) is 6.54 Å². The van der Waals surface area contributed by atoms with Gasteiger partial charge in [0.2, 0.25) is 5.91 Å². The summed E-state index contributed by atoms with van der Waals surface area (Å²) >= 11 is 0. The van der Waals surface area contributed by atoms with Crippen LogP contribution in [-0.2, 0) is 9.59 Å². The number of amides is 3. The van der Waals surface area contributed by atoms with Crippen molar-refractivity contribution in [3.8, 4) is 0 Å². The van der Waals surface area contributed by atoms with E-state index in [-0.39, 0.29) is 18.7 Å². The quantitative estimate of drug-likeness (QED) is 0.597. The van der Waals surface area contributed by atoms with Crippen LogP contribution in [0.5, 0.6) is 0 Å². The molecule has 1 aliphatic carbocycles. The summed E-state index contributed by atoms with van der Waals surface area (Å²) in [5, 5.41) is 13.3. The molecule has 18 heavy (non-hydrogen) atoms. The lowest BCUT2D eigenvalue weighted by molar-refractivity contribution is -0.137. The van der Waals surface area contributed by atoms with E-state index in [4.69, 9.17) is 5.11 Å². The first kappa shape index (κ1) is 14.5. The van der Waals surface area contributed by atoms with Crippen molar-refractivity contribution < 1.29 is 19.5 Å². The summed E-state index contributed by atoms with van der Waals surface area (Å²) in [5.41, 5.74) is 0. The zero-order valence-electron chi connectivity index (χ0n) is 10.4. The number of carboxylic acids is 1. The summed E-state index contributed by atoms with van der Waals surface area (Å²) in [5.74, 6) is -0.665. The summed E-state index contributed by atoms with van der Waals surface area (Å²) in [6, 6.07) is -0.454. The molecule has 0 heterocycles. The second-order valence-electron chi connectivity index (χ2n) is 4.66. The van der Waals surface area contributed by atoms with E-state index in [1.807, 2.05) is 0 Å². The van der Waals surface area contributed by atoms with Crippen LogP contribution in [0, 0.1) is 5.92 Å². The minimum atomic E-state index is -0.867. The number of carboxylic acid groups (broad SMARTS) is 1. The third-order valence-electron chi connectivity index (χ3n) is 3.07. The molecule has 0 aromatic rings. The normalized spacial score (nSPS) is 14.7. The largest absolute Gasteiger partial charge is 0.481 e. The Hall–Kier alpha value is -1.59. The molecule has 6 nitrogen and oxygen atoms in total. The number of unbranched alkanes of at least 4 members (excludes halogenated alkanes) is 1. The number of urea groups is 1. The van der Waals surface area contributed by atoms with Crippen LogP contribution >= 0.6 is 0 Å². The van der Waals surface area contributed by atoms with Crippen molar-refractivity contribution >= 4 is 17.9 Å². The van der Waals surface area contributed by atoms with E-state index in [0.717, 1.165) is 12.8 Å². The molecule has 0 aromatic heterocycles. The number of rotatable bonds is 7. The van der Waals surface area contributed by atoms with Gasteiger partial charge >= 0.3 is 12.0 Å². The predicted molar refractivity (Wildman–Crippen MR) is 65.0 cm³/mol. The van der Waals surface area contributed by atoms with Crippen LogP contribution in [0.4, 0.5) is 4.79 Å². The smallest absolute Gasteiger partial charge is 0.321 e. The van der Waals surface area contributed by atoms with Crippen LogP contribution in [0.3, 0.4) is 0 Å². The van der Waals surface area contributed by atoms with Gasteiger partial charge in [-0.25, -0.2) is 4.79 Å². The van der Waals surface area contributed by atoms with Crippen molar-refractivity contribution in [2.45, 2.75) is 44.9 Å². The monoisotopic (exact) mass is 256 g/mol. The molecule has 0 unspecified atom stereocenters. The first-order valence-corrected chi connectivity index (χ1v) is 6.37. The van der Waals surface area contributed by atoms with Gasteiger partial charge in [-0.2, -0.15) is 0 Å². The van der Waals surface area contributed by atoms with Crippen molar-refractivity contribution in [3.05, 3.63) is 0 Å². The summed E-state index contributed by atoms with van der Waals surface area (Å²) < 4.78 is 0. The first-order chi connectivity index (χ1) is 8.58. The highest BCUT2D eigenvalue weighted by Crippen LogP contribution is 2.24. The molecule has 6 heteroatoms. The molecular weight excluding hydrogens is 236 g/mol. The van der Waals surface area contributed by atoms with Gasteiger partial charge in [0, 0.05) is 19.4 Å². The average molecular weight is 256 g/mol. The summed E-state index contributed by atoms with van der Waals surface area (Å²) in [7, 11) is 0. The maximum absolute atomic E-state index is 11.3. The van der Waals surface area contributed by atoms with Crippen LogP contribution < -0.4 is 10.6 Å². The minimum Gasteiger partial charge on any atom is -0.481 e. The fraction of sp³-hybridized carbons (Fsp3) is 0.750. The molecule has 0 spiro atoms. The number of hydrogen-bond donors (Lipinski definition) is 3. The van der Waals surface area contributed by atoms with Gasteiger partial charge in [0.1, 0.15) is 0 Å². The number of imide groups is 1. The standard InChI is InChI=1S/C12H20N2O4/c15-10(6-1-2-7-11(16)17)14-12(18)13-8-9-4-3-5-9/h9H,1-8H2,(H,16,17)(H2,13,14,15,18). The zero-order valence-corrected chi connectivity index (χ0v) is 10.4. The highest BCUT2D eigenvalue weighted by Gasteiger charge is 2.18. The Bertz CT molecular complexity index is 313. The third kappa shape index (κ3) is 6.22. The van der Waals surface area contributed by atoms with Crippen molar-refractivity contribution in [1.82, 2.24) is 10.6 Å². The van der Waals surface area contributed by atoms with Crippen LogP contribution in [0.2, 0.25) is 0 Å². The highest BCUT2D eigenvalue weighted by molar-refractivity contribution is 5.94. The molecule has 0 saturated heterocycles. The van der Waals surface area contributed by atoms with Gasteiger partial charge in [-0.3, -0.25) is 14.9 Å². The molecule has 0 aliphatic heterocycles. The molecule has 0 atom stereocenters. The van der Waals surface area contributed by atoms with E-state index in [0.29, 0.717) is 25.3 Å². The Balaban J connectivity index is 2.00. The van der Waals surface area contributed by atoms with E-state index in [2.05, 4.69) is 10.6 Å². The van der Waals surface area contributed by atoms with Gasteiger partial charge in [0.05, 0.1) is 0 Å². The van der Waals surface area contributed by atoms with Crippen LogP contribution in [-0.4, -0.2) is 29.6 Å². The average Bonchev–Trinajstić information content (AvgIpc) is 2.22.